The van der Waals surface area contributed by atoms with Crippen LogP contribution in [0.25, 0.3) is 0 Å². The number of hydrogen-bond acceptors (Lipinski definition) is 3. The second-order valence-electron chi connectivity index (χ2n) is 2.03. The molecule has 0 saturated heterocycles. The molecule has 0 saturated carbocycles. The number of carboxylic acids is 2. The molecule has 13 heavy (non-hydrogen) atoms. The summed E-state index contributed by atoms with van der Waals surface area (Å²) < 4.78 is 2.26. The molecule has 6 nitrogen and oxygen atoms in total. The van der Waals surface area contributed by atoms with E-state index in [-0.39, 0.29) is 18.2 Å². The molecule has 77 valence electrons. The summed E-state index contributed by atoms with van der Waals surface area (Å²) in [7, 11) is 0. The number of rotatable bonds is 6. The molecule has 3 N–H and O–H groups in total. The molecule has 0 aliphatic carbocycles. The van der Waals surface area contributed by atoms with Gasteiger partial charge in [0.2, 0.25) is 0 Å². The number of amides is 1. The maximum atomic E-state index is 10.8. The SMILES string of the molecule is O=C(O)CCC(=O)[NH][Co][CH2]C(=O)O. The molecule has 0 atom stereocenters. The fraction of sp³-hybridized carbons (Fsp3) is 0.500. The van der Waals surface area contributed by atoms with Crippen molar-refractivity contribution in [1.82, 2.24) is 4.37 Å². The number of carbonyl (C=O) groups excluding carboxylic acids is 1. The summed E-state index contributed by atoms with van der Waals surface area (Å²) in [5.74, 6) is -2.52. The van der Waals surface area contributed by atoms with Crippen LogP contribution in [0.15, 0.2) is 0 Å². The minimum atomic E-state index is -1.05. The molecule has 0 aliphatic rings. The van der Waals surface area contributed by atoms with Crippen LogP contribution in [0.3, 0.4) is 0 Å². The Labute approximate surface area is 80.5 Å². The second kappa shape index (κ2) is 6.43. The summed E-state index contributed by atoms with van der Waals surface area (Å²) in [6.07, 6.45) is -0.366. The van der Waals surface area contributed by atoms with Gasteiger partial charge in [0, 0.05) is 0 Å². The van der Waals surface area contributed by atoms with Gasteiger partial charge in [0.1, 0.15) is 0 Å². The average Bonchev–Trinajstić information content (AvgIpc) is 2.00. The first-order valence-electron chi connectivity index (χ1n) is 3.27. The summed E-state index contributed by atoms with van der Waals surface area (Å²) in [6, 6.07) is 0. The van der Waals surface area contributed by atoms with Gasteiger partial charge in [-0.05, 0) is 0 Å². The van der Waals surface area contributed by atoms with E-state index in [0.29, 0.717) is 14.9 Å². The molecule has 0 rings (SSSR count). The molecule has 0 aliphatic heterocycles. The maximum absolute atomic E-state index is 10.8. The van der Waals surface area contributed by atoms with Gasteiger partial charge in [0.05, 0.1) is 0 Å². The van der Waals surface area contributed by atoms with Gasteiger partial charge in [-0.1, -0.05) is 0 Å². The number of aliphatic carboxylic acids is 2. The Kier molecular flexibility index (Phi) is 5.90. The molecular formula is C6H9CoNO5. The van der Waals surface area contributed by atoms with E-state index >= 15 is 0 Å². The van der Waals surface area contributed by atoms with Gasteiger partial charge in [-0.25, -0.2) is 0 Å². The molecule has 0 bridgehead atoms. The van der Waals surface area contributed by atoms with Crippen LogP contribution in [0.2, 0.25) is 5.36 Å². The first-order valence-corrected chi connectivity index (χ1v) is 4.53. The third kappa shape index (κ3) is 8.83. The van der Waals surface area contributed by atoms with Crippen LogP contribution in [-0.2, 0) is 29.3 Å². The monoisotopic (exact) mass is 234 g/mol. The van der Waals surface area contributed by atoms with Crippen molar-refractivity contribution in [3.05, 3.63) is 0 Å². The van der Waals surface area contributed by atoms with Gasteiger partial charge in [0.15, 0.2) is 0 Å². The Morgan fingerprint density at radius 2 is 1.69 bits per heavy atom. The number of carboxylic acid groups (broad SMARTS) is 2. The fourth-order valence-corrected chi connectivity index (χ4v) is 0.993. The van der Waals surface area contributed by atoms with Crippen molar-refractivity contribution < 1.29 is 39.5 Å². The van der Waals surface area contributed by atoms with Crippen molar-refractivity contribution >= 4 is 17.8 Å². The van der Waals surface area contributed by atoms with E-state index in [1.807, 2.05) is 0 Å². The van der Waals surface area contributed by atoms with Crippen LogP contribution in [0, 0.1) is 0 Å². The third-order valence-electron chi connectivity index (χ3n) is 0.878. The van der Waals surface area contributed by atoms with E-state index in [4.69, 9.17) is 10.2 Å². The third-order valence-corrected chi connectivity index (χ3v) is 1.85. The average molecular weight is 234 g/mol. The van der Waals surface area contributed by atoms with Gasteiger partial charge in [-0.3, -0.25) is 0 Å². The van der Waals surface area contributed by atoms with Gasteiger partial charge in [0.25, 0.3) is 0 Å². The Balaban J connectivity index is 3.41. The van der Waals surface area contributed by atoms with E-state index in [1.54, 1.807) is 0 Å². The van der Waals surface area contributed by atoms with Crippen LogP contribution >= 0.6 is 0 Å². The summed E-state index contributed by atoms with van der Waals surface area (Å²) in [6.45, 7) is 0. The first-order chi connectivity index (χ1) is 6.02. The summed E-state index contributed by atoms with van der Waals surface area (Å²) >= 11 is 0.296. The zero-order valence-corrected chi connectivity index (χ0v) is 7.61. The van der Waals surface area contributed by atoms with E-state index in [0.717, 1.165) is 0 Å². The predicted octanol–water partition coefficient (Wildman–Crippen LogP) is -0.532. The molecule has 1 amide bonds. The molecule has 7 heteroatoms. The van der Waals surface area contributed by atoms with Crippen molar-refractivity contribution in [3.8, 4) is 0 Å². The molecule has 0 aromatic rings. The minimum absolute atomic E-state index is 0.124. The summed E-state index contributed by atoms with van der Waals surface area (Å²) in [5, 5.41) is 16.2. The van der Waals surface area contributed by atoms with Crippen molar-refractivity contribution in [2.75, 3.05) is 0 Å². The van der Waals surface area contributed by atoms with Crippen LogP contribution in [0.1, 0.15) is 12.8 Å². The van der Waals surface area contributed by atoms with Gasteiger partial charge in [-0.2, -0.15) is 0 Å². The molecule has 0 unspecified atom stereocenters. The Bertz CT molecular complexity index is 217. The van der Waals surface area contributed by atoms with Crippen molar-refractivity contribution in [2.24, 2.45) is 0 Å². The van der Waals surface area contributed by atoms with E-state index in [9.17, 15) is 14.4 Å². The molecule has 0 aromatic carbocycles. The van der Waals surface area contributed by atoms with Crippen molar-refractivity contribution in [3.63, 3.8) is 0 Å². The van der Waals surface area contributed by atoms with Gasteiger partial charge in [-0.15, -0.1) is 0 Å². The number of hydrogen-bond donors (Lipinski definition) is 3. The fourth-order valence-electron chi connectivity index (χ4n) is 0.408. The topological polar surface area (TPSA) is 104 Å². The van der Waals surface area contributed by atoms with E-state index < -0.39 is 17.8 Å². The molecule has 0 heterocycles. The summed E-state index contributed by atoms with van der Waals surface area (Å²) in [4.78, 5) is 30.8. The number of carbonyl (C=O) groups is 3. The standard InChI is InChI=1S/C4H7NO3.C2H3O2.Co/c5-3(6)1-2-4(7)8;1-2(3)4;/h1-2H2,(H3,5,6,7,8);1H2,(H,3,4);/q;;+1/p-1. The van der Waals surface area contributed by atoms with Crippen LogP contribution in [0.5, 0.6) is 0 Å². The van der Waals surface area contributed by atoms with Crippen LogP contribution in [-0.4, -0.2) is 28.1 Å². The Morgan fingerprint density at radius 1 is 1.08 bits per heavy atom. The normalized spacial score (nSPS) is 9.54. The molecule has 0 radical (unpaired) electrons. The van der Waals surface area contributed by atoms with Crippen molar-refractivity contribution in [1.29, 1.82) is 0 Å². The van der Waals surface area contributed by atoms with Crippen LogP contribution in [0.4, 0.5) is 0 Å². The molecular weight excluding hydrogens is 225 g/mol. The molecule has 0 fully saturated rings. The Morgan fingerprint density at radius 3 is 2.15 bits per heavy atom. The zero-order chi connectivity index (χ0) is 10.3. The number of nitrogens with one attached hydrogen (secondary N) is 1. The van der Waals surface area contributed by atoms with E-state index in [2.05, 4.69) is 4.37 Å². The van der Waals surface area contributed by atoms with E-state index in [1.165, 1.54) is 0 Å². The summed E-state index contributed by atoms with van der Waals surface area (Å²) in [5.41, 5.74) is 0. The quantitative estimate of drug-likeness (QED) is 0.573. The Hall–Kier alpha value is -1.08. The first kappa shape index (κ1) is 11.9. The van der Waals surface area contributed by atoms with Gasteiger partial charge >= 0.3 is 79.9 Å². The predicted molar refractivity (Wildman–Crippen MR) is 37.5 cm³/mol. The molecule has 0 aromatic heterocycles. The van der Waals surface area contributed by atoms with Crippen molar-refractivity contribution in [2.45, 2.75) is 18.2 Å². The van der Waals surface area contributed by atoms with Gasteiger partial charge < -0.3 is 0 Å². The van der Waals surface area contributed by atoms with Crippen LogP contribution < -0.4 is 4.37 Å². The zero-order valence-electron chi connectivity index (χ0n) is 6.57. The second-order valence-corrected chi connectivity index (χ2v) is 3.03. The molecule has 0 spiro atoms.